The van der Waals surface area contributed by atoms with Gasteiger partial charge in [0.25, 0.3) is 0 Å². The molecule has 1 atom stereocenters. The lowest BCUT2D eigenvalue weighted by Crippen LogP contribution is -2.28. The van der Waals surface area contributed by atoms with Crippen LogP contribution in [0.15, 0.2) is 6.20 Å². The quantitative estimate of drug-likeness (QED) is 0.832. The fourth-order valence-electron chi connectivity index (χ4n) is 3.72. The van der Waals surface area contributed by atoms with Gasteiger partial charge in [-0.15, -0.1) is 6.54 Å². The zero-order valence-corrected chi connectivity index (χ0v) is 15.2. The Labute approximate surface area is 145 Å². The molecule has 1 aromatic heterocycles. The molecule has 136 valence electrons. The SMILES string of the molecule is C[N-]CCN(C)Cc1cn(C2CCCCO2)nc1C1CCNCC1. The lowest BCUT2D eigenvalue weighted by Gasteiger charge is -2.24. The van der Waals surface area contributed by atoms with Crippen LogP contribution < -0.4 is 5.32 Å². The van der Waals surface area contributed by atoms with Crippen LogP contribution >= 0.6 is 0 Å². The Kier molecular flexibility index (Phi) is 6.66. The van der Waals surface area contributed by atoms with Crippen LogP contribution in [0.3, 0.4) is 0 Å². The van der Waals surface area contributed by atoms with E-state index in [4.69, 9.17) is 9.84 Å². The first kappa shape index (κ1) is 17.9. The molecular formula is C18H32N5O-. The molecule has 3 rings (SSSR count). The first-order chi connectivity index (χ1) is 11.8. The standard InChI is InChI=1S/C18H32N5O/c1-19-10-11-22(2)13-16-14-23(17-5-3-4-12-24-17)21-18(16)15-6-8-20-9-7-15/h14-15,17,20H,3-13H2,1-2H3/q-1. The second kappa shape index (κ2) is 8.94. The molecule has 0 aromatic carbocycles. The molecule has 1 unspecified atom stereocenters. The third kappa shape index (κ3) is 4.57. The van der Waals surface area contributed by atoms with E-state index in [-0.39, 0.29) is 6.23 Å². The highest BCUT2D eigenvalue weighted by atomic mass is 16.5. The van der Waals surface area contributed by atoms with E-state index >= 15 is 0 Å². The minimum atomic E-state index is 0.129. The van der Waals surface area contributed by atoms with E-state index in [1.54, 1.807) is 0 Å². The smallest absolute Gasteiger partial charge is 0.150 e. The van der Waals surface area contributed by atoms with Crippen molar-refractivity contribution in [2.24, 2.45) is 0 Å². The summed E-state index contributed by atoms with van der Waals surface area (Å²) in [6.07, 6.45) is 8.23. The van der Waals surface area contributed by atoms with Crippen molar-refractivity contribution >= 4 is 0 Å². The maximum Gasteiger partial charge on any atom is 0.150 e. The van der Waals surface area contributed by atoms with Crippen LogP contribution in [-0.4, -0.2) is 61.6 Å². The zero-order valence-electron chi connectivity index (χ0n) is 15.2. The Balaban J connectivity index is 1.76. The number of aromatic nitrogens is 2. The van der Waals surface area contributed by atoms with Gasteiger partial charge in [-0.05, 0) is 58.8 Å². The topological polar surface area (TPSA) is 56.4 Å². The van der Waals surface area contributed by atoms with Crippen molar-refractivity contribution in [3.63, 3.8) is 0 Å². The number of ether oxygens (including phenoxy) is 1. The highest BCUT2D eigenvalue weighted by Crippen LogP contribution is 2.30. The predicted molar refractivity (Wildman–Crippen MR) is 96.4 cm³/mol. The fourth-order valence-corrected chi connectivity index (χ4v) is 3.72. The molecule has 2 aliphatic rings. The Morgan fingerprint density at radius 2 is 2.17 bits per heavy atom. The first-order valence-corrected chi connectivity index (χ1v) is 9.42. The molecular weight excluding hydrogens is 302 g/mol. The van der Waals surface area contributed by atoms with E-state index in [2.05, 4.69) is 33.5 Å². The molecule has 0 radical (unpaired) electrons. The van der Waals surface area contributed by atoms with Gasteiger partial charge in [0, 0.05) is 30.8 Å². The van der Waals surface area contributed by atoms with Gasteiger partial charge in [-0.25, -0.2) is 4.68 Å². The van der Waals surface area contributed by atoms with Gasteiger partial charge in [-0.2, -0.15) is 12.1 Å². The van der Waals surface area contributed by atoms with Gasteiger partial charge in [-0.1, -0.05) is 0 Å². The van der Waals surface area contributed by atoms with Gasteiger partial charge in [0.2, 0.25) is 0 Å². The molecule has 0 amide bonds. The molecule has 2 fully saturated rings. The summed E-state index contributed by atoms with van der Waals surface area (Å²) in [6, 6.07) is 0. The van der Waals surface area contributed by atoms with Crippen LogP contribution in [0.2, 0.25) is 0 Å². The third-order valence-corrected chi connectivity index (χ3v) is 5.16. The number of hydrogen-bond acceptors (Lipinski definition) is 4. The van der Waals surface area contributed by atoms with Crippen molar-refractivity contribution in [3.8, 4) is 0 Å². The van der Waals surface area contributed by atoms with E-state index in [1.165, 1.54) is 36.9 Å². The van der Waals surface area contributed by atoms with Crippen molar-refractivity contribution < 1.29 is 4.74 Å². The Hall–Kier alpha value is -0.950. The monoisotopic (exact) mass is 334 g/mol. The number of rotatable bonds is 7. The maximum atomic E-state index is 5.95. The Bertz CT molecular complexity index is 492. The lowest BCUT2D eigenvalue weighted by molar-refractivity contribution is -0.0398. The van der Waals surface area contributed by atoms with Crippen molar-refractivity contribution in [1.29, 1.82) is 0 Å². The normalized spacial score (nSPS) is 23.0. The summed E-state index contributed by atoms with van der Waals surface area (Å²) in [5.74, 6) is 0.579. The molecule has 1 N–H and O–H groups in total. The van der Waals surface area contributed by atoms with Crippen molar-refractivity contribution in [3.05, 3.63) is 22.8 Å². The van der Waals surface area contributed by atoms with Gasteiger partial charge in [0.05, 0.1) is 5.69 Å². The van der Waals surface area contributed by atoms with E-state index in [0.717, 1.165) is 45.8 Å². The number of likely N-dealkylation sites (N-methyl/N-ethyl adjacent to an activating group) is 2. The molecule has 1 aromatic rings. The van der Waals surface area contributed by atoms with Gasteiger partial charge in [0.15, 0.2) is 0 Å². The van der Waals surface area contributed by atoms with Crippen LogP contribution in [-0.2, 0) is 11.3 Å². The molecule has 3 heterocycles. The molecule has 6 nitrogen and oxygen atoms in total. The molecule has 0 spiro atoms. The first-order valence-electron chi connectivity index (χ1n) is 9.42. The molecule has 0 saturated carbocycles. The van der Waals surface area contributed by atoms with Gasteiger partial charge >= 0.3 is 0 Å². The molecule has 6 heteroatoms. The average molecular weight is 334 g/mol. The third-order valence-electron chi connectivity index (χ3n) is 5.16. The summed E-state index contributed by atoms with van der Waals surface area (Å²) in [7, 11) is 4.05. The lowest BCUT2D eigenvalue weighted by atomic mass is 9.92. The summed E-state index contributed by atoms with van der Waals surface area (Å²) in [5.41, 5.74) is 2.67. The van der Waals surface area contributed by atoms with Crippen molar-refractivity contribution in [2.75, 3.05) is 46.9 Å². The molecule has 2 saturated heterocycles. The summed E-state index contributed by atoms with van der Waals surface area (Å²) >= 11 is 0. The summed E-state index contributed by atoms with van der Waals surface area (Å²) in [6.45, 7) is 5.89. The fraction of sp³-hybridized carbons (Fsp3) is 0.833. The largest absolute Gasteiger partial charge is 0.664 e. The van der Waals surface area contributed by atoms with Gasteiger partial charge in [0.1, 0.15) is 6.23 Å². The Morgan fingerprint density at radius 3 is 2.88 bits per heavy atom. The number of nitrogens with one attached hydrogen (secondary N) is 1. The molecule has 0 bridgehead atoms. The van der Waals surface area contributed by atoms with Gasteiger partial charge < -0.3 is 20.3 Å². The maximum absolute atomic E-state index is 5.95. The second-order valence-corrected chi connectivity index (χ2v) is 7.14. The summed E-state index contributed by atoms with van der Waals surface area (Å²) < 4.78 is 8.05. The minimum absolute atomic E-state index is 0.129. The van der Waals surface area contributed by atoms with Crippen LogP contribution in [0.4, 0.5) is 0 Å². The average Bonchev–Trinajstić information content (AvgIpc) is 3.05. The van der Waals surface area contributed by atoms with Crippen LogP contribution in [0, 0.1) is 0 Å². The Morgan fingerprint density at radius 1 is 1.33 bits per heavy atom. The van der Waals surface area contributed by atoms with Gasteiger partial charge in [-0.3, -0.25) is 0 Å². The molecule has 0 aliphatic carbocycles. The predicted octanol–water partition coefficient (Wildman–Crippen LogP) is 2.48. The van der Waals surface area contributed by atoms with Crippen molar-refractivity contribution in [1.82, 2.24) is 20.0 Å². The highest BCUT2D eigenvalue weighted by Gasteiger charge is 2.25. The highest BCUT2D eigenvalue weighted by molar-refractivity contribution is 5.22. The molecule has 24 heavy (non-hydrogen) atoms. The van der Waals surface area contributed by atoms with E-state index in [1.807, 2.05) is 7.05 Å². The zero-order chi connectivity index (χ0) is 16.8. The summed E-state index contributed by atoms with van der Waals surface area (Å²) in [4.78, 5) is 2.35. The van der Waals surface area contributed by atoms with Crippen LogP contribution in [0.25, 0.3) is 5.32 Å². The summed E-state index contributed by atoms with van der Waals surface area (Å²) in [5, 5.41) is 12.7. The minimum Gasteiger partial charge on any atom is -0.664 e. The van der Waals surface area contributed by atoms with E-state index < -0.39 is 0 Å². The second-order valence-electron chi connectivity index (χ2n) is 7.14. The van der Waals surface area contributed by atoms with Crippen LogP contribution in [0.5, 0.6) is 0 Å². The van der Waals surface area contributed by atoms with E-state index in [0.29, 0.717) is 5.92 Å². The van der Waals surface area contributed by atoms with E-state index in [9.17, 15) is 0 Å². The number of piperidine rings is 1. The number of hydrogen-bond donors (Lipinski definition) is 1. The van der Waals surface area contributed by atoms with Crippen LogP contribution in [0.1, 0.15) is 55.5 Å². The van der Waals surface area contributed by atoms with Crippen molar-refractivity contribution in [2.45, 2.75) is 50.8 Å². The molecule has 2 aliphatic heterocycles. The number of nitrogens with zero attached hydrogens (tertiary/aromatic N) is 4.